The molecular weight excluding hydrogens is 362 g/mol. The van der Waals surface area contributed by atoms with E-state index in [1.165, 1.54) is 10.9 Å². The zero-order valence-corrected chi connectivity index (χ0v) is 13.9. The van der Waals surface area contributed by atoms with Crippen LogP contribution < -0.4 is 5.32 Å². The van der Waals surface area contributed by atoms with Crippen molar-refractivity contribution >= 4 is 33.6 Å². The zero-order chi connectivity index (χ0) is 16.4. The molecule has 1 fully saturated rings. The Kier molecular flexibility index (Phi) is 4.21. The summed E-state index contributed by atoms with van der Waals surface area (Å²) in [5.41, 5.74) is 0.478. The maximum absolute atomic E-state index is 12.7. The number of carbonyl (C=O) groups excluding carboxylic acids is 1. The first-order valence-electron chi connectivity index (χ1n) is 7.32. The van der Waals surface area contributed by atoms with E-state index in [0.29, 0.717) is 5.82 Å². The average Bonchev–Trinajstić information content (AvgIpc) is 2.86. The first-order chi connectivity index (χ1) is 11.0. The number of rotatable bonds is 5. The molecule has 0 atom stereocenters. The number of carboxylic acid groups (broad SMARTS) is 1. The summed E-state index contributed by atoms with van der Waals surface area (Å²) in [7, 11) is 0. The van der Waals surface area contributed by atoms with Crippen molar-refractivity contribution in [1.82, 2.24) is 9.78 Å². The molecule has 1 heterocycles. The molecule has 1 aliphatic carbocycles. The van der Waals surface area contributed by atoms with E-state index in [-0.39, 0.29) is 12.5 Å². The first-order valence-corrected chi connectivity index (χ1v) is 8.12. The van der Waals surface area contributed by atoms with Crippen LogP contribution >= 0.6 is 15.9 Å². The van der Waals surface area contributed by atoms with E-state index >= 15 is 0 Å². The second-order valence-electron chi connectivity index (χ2n) is 5.69. The molecule has 1 saturated carbocycles. The maximum Gasteiger partial charge on any atom is 0.325 e. The highest BCUT2D eigenvalue weighted by atomic mass is 79.9. The molecular formula is C16H16BrN3O3. The highest BCUT2D eigenvalue weighted by Gasteiger charge is 2.45. The van der Waals surface area contributed by atoms with Gasteiger partial charge in [0, 0.05) is 16.7 Å². The number of carboxylic acids is 1. The smallest absolute Gasteiger partial charge is 0.325 e. The van der Waals surface area contributed by atoms with Gasteiger partial charge in [-0.3, -0.25) is 14.3 Å². The molecule has 2 aromatic rings. The molecule has 3 rings (SSSR count). The van der Waals surface area contributed by atoms with Crippen LogP contribution in [0.3, 0.4) is 0 Å². The fourth-order valence-electron chi connectivity index (χ4n) is 2.84. The normalized spacial score (nSPS) is 15.7. The van der Waals surface area contributed by atoms with Gasteiger partial charge in [-0.25, -0.2) is 0 Å². The van der Waals surface area contributed by atoms with Gasteiger partial charge in [-0.2, -0.15) is 5.10 Å². The van der Waals surface area contributed by atoms with Gasteiger partial charge in [0.15, 0.2) is 5.82 Å². The minimum atomic E-state index is -0.976. The summed E-state index contributed by atoms with van der Waals surface area (Å²) in [5, 5.41) is 15.6. The van der Waals surface area contributed by atoms with Gasteiger partial charge in [-0.15, -0.1) is 0 Å². The van der Waals surface area contributed by atoms with Crippen LogP contribution in [0.5, 0.6) is 0 Å². The van der Waals surface area contributed by atoms with Gasteiger partial charge in [0.1, 0.15) is 6.54 Å². The number of aromatic nitrogens is 2. The molecule has 0 spiro atoms. The van der Waals surface area contributed by atoms with E-state index in [0.717, 1.165) is 29.3 Å². The molecule has 0 saturated heterocycles. The fourth-order valence-corrected chi connectivity index (χ4v) is 3.10. The number of nitrogens with zero attached hydrogens (tertiary/aromatic N) is 2. The van der Waals surface area contributed by atoms with Gasteiger partial charge in [-0.1, -0.05) is 34.5 Å². The van der Waals surface area contributed by atoms with Crippen LogP contribution in [0.4, 0.5) is 5.82 Å². The minimum Gasteiger partial charge on any atom is -0.480 e. The third kappa shape index (κ3) is 3.14. The number of anilines is 1. The second kappa shape index (κ2) is 6.16. The molecule has 1 aliphatic rings. The van der Waals surface area contributed by atoms with E-state index in [4.69, 9.17) is 5.11 Å². The number of hydrogen-bond acceptors (Lipinski definition) is 3. The molecule has 23 heavy (non-hydrogen) atoms. The number of benzene rings is 1. The summed E-state index contributed by atoms with van der Waals surface area (Å²) < 4.78 is 2.26. The third-order valence-electron chi connectivity index (χ3n) is 4.22. The Labute approximate surface area is 141 Å². The molecule has 0 aliphatic heterocycles. The molecule has 120 valence electrons. The maximum atomic E-state index is 12.7. The van der Waals surface area contributed by atoms with Crippen molar-refractivity contribution in [3.63, 3.8) is 0 Å². The number of carbonyl (C=O) groups is 2. The van der Waals surface area contributed by atoms with Gasteiger partial charge >= 0.3 is 5.97 Å². The minimum absolute atomic E-state index is 0.0911. The Morgan fingerprint density at radius 2 is 1.96 bits per heavy atom. The molecule has 0 radical (unpaired) electrons. The number of aliphatic carboxylic acids is 1. The molecule has 7 heteroatoms. The van der Waals surface area contributed by atoms with Gasteiger partial charge in [-0.05, 0) is 30.5 Å². The van der Waals surface area contributed by atoms with Crippen LogP contribution in [0.1, 0.15) is 24.8 Å². The van der Waals surface area contributed by atoms with Crippen LogP contribution in [0.25, 0.3) is 0 Å². The van der Waals surface area contributed by atoms with E-state index in [1.807, 2.05) is 24.3 Å². The molecule has 1 aromatic heterocycles. The van der Waals surface area contributed by atoms with Crippen LogP contribution in [-0.2, 0) is 21.5 Å². The fraction of sp³-hybridized carbons (Fsp3) is 0.312. The molecule has 6 nitrogen and oxygen atoms in total. The van der Waals surface area contributed by atoms with E-state index in [1.54, 1.807) is 6.07 Å². The highest BCUT2D eigenvalue weighted by Crippen LogP contribution is 2.44. The summed E-state index contributed by atoms with van der Waals surface area (Å²) in [5.74, 6) is -0.692. The topological polar surface area (TPSA) is 84.2 Å². The van der Waals surface area contributed by atoms with Crippen molar-refractivity contribution in [1.29, 1.82) is 0 Å². The van der Waals surface area contributed by atoms with Gasteiger partial charge < -0.3 is 10.4 Å². The van der Waals surface area contributed by atoms with Crippen molar-refractivity contribution in [2.75, 3.05) is 5.32 Å². The van der Waals surface area contributed by atoms with Crippen LogP contribution in [0.15, 0.2) is 41.0 Å². The molecule has 2 N–H and O–H groups in total. The lowest BCUT2D eigenvalue weighted by molar-refractivity contribution is -0.137. The lowest BCUT2D eigenvalue weighted by atomic mass is 9.64. The summed E-state index contributed by atoms with van der Waals surface area (Å²) in [6, 6.07) is 9.40. The number of hydrogen-bond donors (Lipinski definition) is 2. The number of nitrogens with one attached hydrogen (secondary N) is 1. The van der Waals surface area contributed by atoms with E-state index < -0.39 is 11.4 Å². The summed E-state index contributed by atoms with van der Waals surface area (Å²) in [4.78, 5) is 23.4. The molecule has 1 amide bonds. The Morgan fingerprint density at radius 1 is 1.26 bits per heavy atom. The van der Waals surface area contributed by atoms with Gasteiger partial charge in [0.25, 0.3) is 0 Å². The van der Waals surface area contributed by atoms with Gasteiger partial charge in [0.2, 0.25) is 5.91 Å². The summed E-state index contributed by atoms with van der Waals surface area (Å²) >= 11 is 3.40. The van der Waals surface area contributed by atoms with Crippen molar-refractivity contribution in [3.05, 3.63) is 46.6 Å². The lowest BCUT2D eigenvalue weighted by Crippen LogP contribution is -2.46. The van der Waals surface area contributed by atoms with Crippen LogP contribution in [-0.4, -0.2) is 26.8 Å². The standard InChI is InChI=1S/C16H16BrN3O3/c17-12-4-2-11(3-5-12)16(7-1-8-16)15(23)18-13-6-9-20(19-13)10-14(21)22/h2-6,9H,1,7-8,10H2,(H,21,22)(H,18,19,23). The molecule has 0 bridgehead atoms. The Balaban J connectivity index is 1.77. The quantitative estimate of drug-likeness (QED) is 0.838. The Hall–Kier alpha value is -2.15. The number of amides is 1. The predicted molar refractivity (Wildman–Crippen MR) is 88.2 cm³/mol. The third-order valence-corrected chi connectivity index (χ3v) is 4.75. The summed E-state index contributed by atoms with van der Waals surface area (Å²) in [6.45, 7) is -0.228. The van der Waals surface area contributed by atoms with Crippen LogP contribution in [0.2, 0.25) is 0 Å². The second-order valence-corrected chi connectivity index (χ2v) is 6.60. The van der Waals surface area contributed by atoms with E-state index in [2.05, 4.69) is 26.3 Å². The van der Waals surface area contributed by atoms with Crippen molar-refractivity contribution < 1.29 is 14.7 Å². The first kappa shape index (κ1) is 15.7. The van der Waals surface area contributed by atoms with Crippen LogP contribution in [0, 0.1) is 0 Å². The van der Waals surface area contributed by atoms with Crippen molar-refractivity contribution in [3.8, 4) is 0 Å². The monoisotopic (exact) mass is 377 g/mol. The van der Waals surface area contributed by atoms with Gasteiger partial charge in [0.05, 0.1) is 5.41 Å². The van der Waals surface area contributed by atoms with Crippen molar-refractivity contribution in [2.24, 2.45) is 0 Å². The predicted octanol–water partition coefficient (Wildman–Crippen LogP) is 2.79. The summed E-state index contributed by atoms with van der Waals surface area (Å²) in [6.07, 6.45) is 4.15. The van der Waals surface area contributed by atoms with Crippen molar-refractivity contribution in [2.45, 2.75) is 31.2 Å². The molecule has 1 aromatic carbocycles. The highest BCUT2D eigenvalue weighted by molar-refractivity contribution is 9.10. The SMILES string of the molecule is O=C(O)Cn1ccc(NC(=O)C2(c3ccc(Br)cc3)CCC2)n1. The number of halogens is 1. The zero-order valence-electron chi connectivity index (χ0n) is 12.3. The average molecular weight is 378 g/mol. The van der Waals surface area contributed by atoms with E-state index in [9.17, 15) is 9.59 Å². The lowest BCUT2D eigenvalue weighted by Gasteiger charge is -2.40. The molecule has 0 unspecified atom stereocenters. The largest absolute Gasteiger partial charge is 0.480 e. The Bertz CT molecular complexity index is 735. The Morgan fingerprint density at radius 3 is 2.52 bits per heavy atom.